The van der Waals surface area contributed by atoms with E-state index in [1.54, 1.807) is 24.3 Å². The summed E-state index contributed by atoms with van der Waals surface area (Å²) in [5, 5.41) is 0. The second-order valence-corrected chi connectivity index (χ2v) is 10.8. The average Bonchev–Trinajstić information content (AvgIpc) is 2.75. The zero-order valence-electron chi connectivity index (χ0n) is 16.6. The van der Waals surface area contributed by atoms with Gasteiger partial charge in [-0.15, -0.1) is 0 Å². The molecule has 31 heavy (non-hydrogen) atoms. The van der Waals surface area contributed by atoms with Gasteiger partial charge in [0, 0.05) is 12.2 Å². The lowest BCUT2D eigenvalue weighted by atomic mass is 10.3. The van der Waals surface area contributed by atoms with Crippen molar-refractivity contribution in [2.24, 2.45) is 0 Å². The normalized spacial score (nSPS) is 15.9. The van der Waals surface area contributed by atoms with Gasteiger partial charge in [0.05, 0.1) is 16.3 Å². The zero-order chi connectivity index (χ0) is 21.9. The lowest BCUT2D eigenvalue weighted by Gasteiger charge is -2.28. The monoisotopic (exact) mass is 458 g/mol. The largest absolute Gasteiger partial charge is 0.457 e. The van der Waals surface area contributed by atoms with E-state index in [0.29, 0.717) is 35.8 Å². The quantitative estimate of drug-likeness (QED) is 0.597. The molecule has 1 N–H and O–H groups in total. The standard InChI is InChI=1S/C22H22N2O5S2/c25-30(26)17-5-4-16-24(30)19-10-14-22(15-11-19)31(27,28)23-18-8-12-21(13-9-18)29-20-6-2-1-3-7-20/h1-3,6-15,23H,4-5,16-17H2. The fourth-order valence-corrected chi connectivity index (χ4v) is 6.00. The summed E-state index contributed by atoms with van der Waals surface area (Å²) in [5.41, 5.74) is 0.865. The van der Waals surface area contributed by atoms with Crippen molar-refractivity contribution in [3.8, 4) is 11.5 Å². The molecule has 7 nitrogen and oxygen atoms in total. The van der Waals surface area contributed by atoms with Gasteiger partial charge in [0.25, 0.3) is 10.0 Å². The molecule has 3 aromatic carbocycles. The summed E-state index contributed by atoms with van der Waals surface area (Å²) in [4.78, 5) is 0.0512. The molecule has 0 aliphatic carbocycles. The van der Waals surface area contributed by atoms with Crippen LogP contribution in [0.4, 0.5) is 11.4 Å². The van der Waals surface area contributed by atoms with Crippen molar-refractivity contribution in [3.05, 3.63) is 78.9 Å². The van der Waals surface area contributed by atoms with Gasteiger partial charge in [-0.2, -0.15) is 0 Å². The summed E-state index contributed by atoms with van der Waals surface area (Å²) in [6.07, 6.45) is 1.43. The molecule has 0 bridgehead atoms. The Bertz CT molecular complexity index is 1240. The molecule has 0 saturated carbocycles. The first-order chi connectivity index (χ1) is 14.8. The number of benzene rings is 3. The highest BCUT2D eigenvalue weighted by Gasteiger charge is 2.26. The molecule has 1 saturated heterocycles. The summed E-state index contributed by atoms with van der Waals surface area (Å²) in [6.45, 7) is 0.407. The molecule has 0 aromatic heterocycles. The minimum Gasteiger partial charge on any atom is -0.457 e. The minimum absolute atomic E-state index is 0.0512. The van der Waals surface area contributed by atoms with Crippen LogP contribution >= 0.6 is 0 Å². The Morgan fingerprint density at radius 2 is 1.45 bits per heavy atom. The van der Waals surface area contributed by atoms with E-state index in [1.807, 2.05) is 30.3 Å². The molecular formula is C22H22N2O5S2. The van der Waals surface area contributed by atoms with Crippen molar-refractivity contribution in [1.29, 1.82) is 0 Å². The highest BCUT2D eigenvalue weighted by molar-refractivity contribution is 7.93. The van der Waals surface area contributed by atoms with Crippen molar-refractivity contribution >= 4 is 31.4 Å². The molecular weight excluding hydrogens is 436 g/mol. The molecule has 0 atom stereocenters. The van der Waals surface area contributed by atoms with Crippen LogP contribution in [0.2, 0.25) is 0 Å². The Kier molecular flexibility index (Phi) is 5.88. The molecule has 4 rings (SSSR count). The molecule has 0 spiro atoms. The van der Waals surface area contributed by atoms with Crippen LogP contribution in [0.25, 0.3) is 0 Å². The van der Waals surface area contributed by atoms with E-state index in [2.05, 4.69) is 4.72 Å². The molecule has 9 heteroatoms. The maximum Gasteiger partial charge on any atom is 0.261 e. The van der Waals surface area contributed by atoms with Crippen LogP contribution in [0.5, 0.6) is 11.5 Å². The molecule has 0 radical (unpaired) electrons. The van der Waals surface area contributed by atoms with Crippen molar-refractivity contribution < 1.29 is 21.6 Å². The molecule has 1 aliphatic heterocycles. The third-order valence-electron chi connectivity index (χ3n) is 4.87. The maximum absolute atomic E-state index is 12.7. The average molecular weight is 459 g/mol. The highest BCUT2D eigenvalue weighted by Crippen LogP contribution is 2.27. The molecule has 1 aliphatic rings. The van der Waals surface area contributed by atoms with E-state index in [9.17, 15) is 16.8 Å². The lowest BCUT2D eigenvalue weighted by molar-refractivity contribution is 0.483. The number of hydrogen-bond donors (Lipinski definition) is 1. The first-order valence-electron chi connectivity index (χ1n) is 9.80. The zero-order valence-corrected chi connectivity index (χ0v) is 18.3. The fraction of sp³-hybridized carbons (Fsp3) is 0.182. The number of nitrogens with one attached hydrogen (secondary N) is 1. The first kappa shape index (κ1) is 21.2. The van der Waals surface area contributed by atoms with Gasteiger partial charge < -0.3 is 4.74 Å². The Morgan fingerprint density at radius 3 is 2.10 bits per heavy atom. The Hall–Kier alpha value is -3.04. The van der Waals surface area contributed by atoms with Crippen molar-refractivity contribution in [2.45, 2.75) is 17.7 Å². The van der Waals surface area contributed by atoms with Crippen LogP contribution in [0.3, 0.4) is 0 Å². The molecule has 0 amide bonds. The molecule has 0 unspecified atom stereocenters. The van der Waals surface area contributed by atoms with Crippen LogP contribution in [0.1, 0.15) is 12.8 Å². The number of nitrogens with zero attached hydrogens (tertiary/aromatic N) is 1. The third-order valence-corrected chi connectivity index (χ3v) is 8.14. The molecule has 1 fully saturated rings. The van der Waals surface area contributed by atoms with Crippen LogP contribution in [-0.2, 0) is 20.0 Å². The number of sulfonamides is 2. The van der Waals surface area contributed by atoms with Crippen LogP contribution in [-0.4, -0.2) is 29.1 Å². The summed E-state index contributed by atoms with van der Waals surface area (Å²) < 4.78 is 59.5. The molecule has 162 valence electrons. The summed E-state index contributed by atoms with van der Waals surface area (Å²) in [5.74, 6) is 1.38. The van der Waals surface area contributed by atoms with E-state index in [-0.39, 0.29) is 10.6 Å². The van der Waals surface area contributed by atoms with E-state index in [0.717, 1.165) is 6.42 Å². The number of hydrogen-bond acceptors (Lipinski definition) is 5. The second kappa shape index (κ2) is 8.60. The number of rotatable bonds is 6. The van der Waals surface area contributed by atoms with Gasteiger partial charge in [-0.25, -0.2) is 16.8 Å². The van der Waals surface area contributed by atoms with E-state index in [1.165, 1.54) is 28.6 Å². The van der Waals surface area contributed by atoms with E-state index < -0.39 is 20.0 Å². The topological polar surface area (TPSA) is 92.8 Å². The predicted molar refractivity (Wildman–Crippen MR) is 121 cm³/mol. The Labute approximate surface area is 182 Å². The third kappa shape index (κ3) is 5.00. The van der Waals surface area contributed by atoms with E-state index in [4.69, 9.17) is 4.74 Å². The number of para-hydroxylation sites is 1. The van der Waals surface area contributed by atoms with Gasteiger partial charge in [0.15, 0.2) is 0 Å². The predicted octanol–water partition coefficient (Wildman–Crippen LogP) is 4.21. The maximum atomic E-state index is 12.7. The first-order valence-corrected chi connectivity index (χ1v) is 12.9. The van der Waals surface area contributed by atoms with Crippen LogP contribution in [0, 0.1) is 0 Å². The SMILES string of the molecule is O=S(=O)(Nc1ccc(Oc2ccccc2)cc1)c1ccc(N2CCCCS2(=O)=O)cc1. The Morgan fingerprint density at radius 1 is 0.806 bits per heavy atom. The van der Waals surface area contributed by atoms with Gasteiger partial charge >= 0.3 is 0 Å². The second-order valence-electron chi connectivity index (χ2n) is 7.13. The minimum atomic E-state index is -3.82. The van der Waals surface area contributed by atoms with Gasteiger partial charge in [-0.05, 0) is 73.5 Å². The number of ether oxygens (including phenoxy) is 1. The fourth-order valence-electron chi connectivity index (χ4n) is 3.30. The molecule has 3 aromatic rings. The van der Waals surface area contributed by atoms with Gasteiger partial charge in [-0.3, -0.25) is 9.03 Å². The van der Waals surface area contributed by atoms with Gasteiger partial charge in [0.2, 0.25) is 10.0 Å². The van der Waals surface area contributed by atoms with Crippen LogP contribution < -0.4 is 13.8 Å². The summed E-state index contributed by atoms with van der Waals surface area (Å²) in [6, 6.07) is 21.7. The van der Waals surface area contributed by atoms with Gasteiger partial charge in [-0.1, -0.05) is 18.2 Å². The molecule has 1 heterocycles. The smallest absolute Gasteiger partial charge is 0.261 e. The van der Waals surface area contributed by atoms with E-state index >= 15 is 0 Å². The Balaban J connectivity index is 1.46. The summed E-state index contributed by atoms with van der Waals surface area (Å²) >= 11 is 0. The summed E-state index contributed by atoms with van der Waals surface area (Å²) in [7, 11) is -7.16. The highest BCUT2D eigenvalue weighted by atomic mass is 32.2. The van der Waals surface area contributed by atoms with Crippen molar-refractivity contribution in [2.75, 3.05) is 21.3 Å². The van der Waals surface area contributed by atoms with Crippen molar-refractivity contribution in [3.63, 3.8) is 0 Å². The van der Waals surface area contributed by atoms with Gasteiger partial charge in [0.1, 0.15) is 11.5 Å². The number of anilines is 2. The van der Waals surface area contributed by atoms with Crippen LogP contribution in [0.15, 0.2) is 83.8 Å². The van der Waals surface area contributed by atoms with Crippen molar-refractivity contribution in [1.82, 2.24) is 0 Å². The lowest BCUT2D eigenvalue weighted by Crippen LogP contribution is -2.37.